The molecule has 0 spiro atoms. The summed E-state index contributed by atoms with van der Waals surface area (Å²) in [6, 6.07) is 7.84. The van der Waals surface area contributed by atoms with E-state index in [1.54, 1.807) is 37.4 Å². The second-order valence-electron chi connectivity index (χ2n) is 8.30. The number of nitrogens with zero attached hydrogens (tertiary/aromatic N) is 5. The Morgan fingerprint density at radius 3 is 2.78 bits per heavy atom. The molecule has 0 unspecified atom stereocenters. The maximum absolute atomic E-state index is 10.3. The van der Waals surface area contributed by atoms with Crippen LogP contribution in [0, 0.1) is 0 Å². The summed E-state index contributed by atoms with van der Waals surface area (Å²) in [5.74, 6) is 1.73. The summed E-state index contributed by atoms with van der Waals surface area (Å²) in [6.07, 6.45) is 5.70. The van der Waals surface area contributed by atoms with Crippen molar-refractivity contribution < 1.29 is 9.84 Å². The minimum absolute atomic E-state index is 0.353. The van der Waals surface area contributed by atoms with Crippen LogP contribution in [0.25, 0.3) is 10.2 Å². The molecule has 9 nitrogen and oxygen atoms in total. The van der Waals surface area contributed by atoms with Crippen molar-refractivity contribution in [3.8, 4) is 0 Å². The number of nitrogens with one attached hydrogen (secondary N) is 2. The molecular weight excluding hydrogens is 426 g/mol. The molecule has 1 fully saturated rings. The summed E-state index contributed by atoms with van der Waals surface area (Å²) in [4.78, 5) is 14.7. The molecule has 10 heteroatoms. The van der Waals surface area contributed by atoms with Crippen molar-refractivity contribution >= 4 is 44.8 Å². The van der Waals surface area contributed by atoms with Gasteiger partial charge in [0.25, 0.3) is 0 Å². The van der Waals surface area contributed by atoms with Crippen LogP contribution in [0.2, 0.25) is 0 Å². The Morgan fingerprint density at radius 1 is 1.12 bits per heavy atom. The molecule has 3 N–H and O–H groups in total. The van der Waals surface area contributed by atoms with Crippen molar-refractivity contribution in [2.24, 2.45) is 0 Å². The van der Waals surface area contributed by atoms with E-state index in [0.717, 1.165) is 42.0 Å². The summed E-state index contributed by atoms with van der Waals surface area (Å²) in [7, 11) is 0. The van der Waals surface area contributed by atoms with Crippen LogP contribution >= 0.6 is 11.3 Å². The Kier molecular flexibility index (Phi) is 5.50. The highest BCUT2D eigenvalue weighted by molar-refractivity contribution is 7.16. The van der Waals surface area contributed by atoms with Crippen molar-refractivity contribution in [1.82, 2.24) is 24.7 Å². The predicted octanol–water partition coefficient (Wildman–Crippen LogP) is 4.35. The van der Waals surface area contributed by atoms with Gasteiger partial charge in [-0.3, -0.25) is 4.68 Å². The second-order valence-corrected chi connectivity index (χ2v) is 9.20. The number of aromatic nitrogens is 5. The predicted molar refractivity (Wildman–Crippen MR) is 125 cm³/mol. The molecule has 0 aromatic carbocycles. The Bertz CT molecular complexity index is 1220. The van der Waals surface area contributed by atoms with Crippen molar-refractivity contribution in [2.75, 3.05) is 23.8 Å². The quantitative estimate of drug-likeness (QED) is 0.397. The Balaban J connectivity index is 1.41. The third-order valence-corrected chi connectivity index (χ3v) is 6.18. The summed E-state index contributed by atoms with van der Waals surface area (Å²) in [5, 5.41) is 24.3. The maximum Gasteiger partial charge on any atom is 0.230 e. The summed E-state index contributed by atoms with van der Waals surface area (Å²) >= 11 is 1.55. The van der Waals surface area contributed by atoms with E-state index in [1.165, 1.54) is 0 Å². The Morgan fingerprint density at radius 2 is 1.97 bits per heavy atom. The number of aliphatic hydroxyl groups is 1. The molecular formula is C22H25N7O2S. The largest absolute Gasteiger partial charge is 0.384 e. The van der Waals surface area contributed by atoms with Crippen LogP contribution in [-0.4, -0.2) is 43.1 Å². The molecule has 1 aliphatic heterocycles. The highest BCUT2D eigenvalue weighted by Crippen LogP contribution is 2.30. The third kappa shape index (κ3) is 4.43. The fourth-order valence-corrected chi connectivity index (χ4v) is 4.42. The van der Waals surface area contributed by atoms with Gasteiger partial charge in [0, 0.05) is 19.4 Å². The normalized spacial score (nSPS) is 15.2. The topological polar surface area (TPSA) is 110 Å². The molecule has 166 valence electrons. The van der Waals surface area contributed by atoms with Crippen LogP contribution in [0.3, 0.4) is 0 Å². The summed E-state index contributed by atoms with van der Waals surface area (Å²) in [6.45, 7) is 4.96. The number of ether oxygens (including phenoxy) is 1. The highest BCUT2D eigenvalue weighted by Gasteiger charge is 2.19. The van der Waals surface area contributed by atoms with Crippen LogP contribution < -0.4 is 10.6 Å². The summed E-state index contributed by atoms with van der Waals surface area (Å²) in [5.41, 5.74) is 0.385. The first-order valence-electron chi connectivity index (χ1n) is 10.6. The molecule has 0 saturated carbocycles. The first-order valence-corrected chi connectivity index (χ1v) is 11.4. The van der Waals surface area contributed by atoms with E-state index in [1.807, 2.05) is 34.5 Å². The fourth-order valence-electron chi connectivity index (χ4n) is 3.65. The van der Waals surface area contributed by atoms with Gasteiger partial charge in [0.05, 0.1) is 29.0 Å². The molecule has 0 aliphatic carbocycles. The number of anilines is 4. The minimum Gasteiger partial charge on any atom is -0.384 e. The summed E-state index contributed by atoms with van der Waals surface area (Å²) < 4.78 is 7.43. The second kappa shape index (κ2) is 8.45. The van der Waals surface area contributed by atoms with E-state index in [-0.39, 0.29) is 0 Å². The van der Waals surface area contributed by atoms with E-state index < -0.39 is 5.60 Å². The molecule has 4 aromatic heterocycles. The molecule has 1 saturated heterocycles. The van der Waals surface area contributed by atoms with Gasteiger partial charge in [0.2, 0.25) is 5.95 Å². The van der Waals surface area contributed by atoms with E-state index in [2.05, 4.69) is 25.7 Å². The number of fused-ring (bicyclic) bond motifs is 1. The number of hydrogen-bond acceptors (Lipinski definition) is 9. The highest BCUT2D eigenvalue weighted by atomic mass is 32.1. The third-order valence-electron chi connectivity index (χ3n) is 5.37. The number of pyridine rings is 1. The average molecular weight is 452 g/mol. The molecule has 32 heavy (non-hydrogen) atoms. The van der Waals surface area contributed by atoms with Crippen LogP contribution in [0.15, 0.2) is 42.0 Å². The molecule has 5 rings (SSSR count). The molecule has 5 heterocycles. The first kappa shape index (κ1) is 20.8. The number of thiophene rings is 1. The van der Waals surface area contributed by atoms with Gasteiger partial charge in [-0.15, -0.1) is 11.3 Å². The first-order chi connectivity index (χ1) is 15.5. The minimum atomic E-state index is -1.03. The van der Waals surface area contributed by atoms with Crippen molar-refractivity contribution in [1.29, 1.82) is 0 Å². The van der Waals surface area contributed by atoms with Crippen LogP contribution in [0.5, 0.6) is 0 Å². The lowest BCUT2D eigenvalue weighted by molar-refractivity contribution is 0.0662. The van der Waals surface area contributed by atoms with Crippen LogP contribution in [0.1, 0.15) is 38.4 Å². The molecule has 0 bridgehead atoms. The lowest BCUT2D eigenvalue weighted by Crippen LogP contribution is -2.19. The SMILES string of the molecule is CC(C)(O)c1cccc(Nc2nc(Nc3cnn(C4CCOCC4)c3)nc3sccc23)n1. The standard InChI is InChI=1S/C22H25N7O2S/c1-22(2,30)17-4-3-5-18(25-17)26-19-16-8-11-32-20(16)28-21(27-19)24-14-12-23-29(13-14)15-6-9-31-10-7-15/h3-5,8,11-13,15,30H,6-7,9-10H2,1-2H3,(H2,24,25,26,27,28). The van der Waals surface area contributed by atoms with E-state index in [4.69, 9.17) is 9.72 Å². The molecule has 0 atom stereocenters. The van der Waals surface area contributed by atoms with E-state index >= 15 is 0 Å². The molecule has 4 aromatic rings. The number of hydrogen-bond donors (Lipinski definition) is 3. The smallest absolute Gasteiger partial charge is 0.230 e. The van der Waals surface area contributed by atoms with Gasteiger partial charge in [-0.2, -0.15) is 10.1 Å². The van der Waals surface area contributed by atoms with E-state index in [0.29, 0.717) is 29.3 Å². The Labute approximate surface area is 189 Å². The zero-order chi connectivity index (χ0) is 22.1. The molecule has 0 radical (unpaired) electrons. The average Bonchev–Trinajstić information content (AvgIpc) is 3.44. The van der Waals surface area contributed by atoms with Gasteiger partial charge in [0.15, 0.2) is 0 Å². The monoisotopic (exact) mass is 451 g/mol. The van der Waals surface area contributed by atoms with Crippen LogP contribution in [0.4, 0.5) is 23.3 Å². The fraction of sp³-hybridized carbons (Fsp3) is 0.364. The zero-order valence-electron chi connectivity index (χ0n) is 17.9. The number of rotatable bonds is 6. The molecule has 1 aliphatic rings. The van der Waals surface area contributed by atoms with Gasteiger partial charge in [-0.1, -0.05) is 6.07 Å². The van der Waals surface area contributed by atoms with E-state index in [9.17, 15) is 5.11 Å². The van der Waals surface area contributed by atoms with Crippen molar-refractivity contribution in [3.63, 3.8) is 0 Å². The van der Waals surface area contributed by atoms with Gasteiger partial charge < -0.3 is 20.5 Å². The lowest BCUT2D eigenvalue weighted by Gasteiger charge is -2.22. The van der Waals surface area contributed by atoms with Crippen molar-refractivity contribution in [2.45, 2.75) is 38.3 Å². The van der Waals surface area contributed by atoms with Gasteiger partial charge in [0.1, 0.15) is 22.1 Å². The Hall–Kier alpha value is -3.08. The molecule has 0 amide bonds. The van der Waals surface area contributed by atoms with Gasteiger partial charge >= 0.3 is 0 Å². The zero-order valence-corrected chi connectivity index (χ0v) is 18.8. The van der Waals surface area contributed by atoms with Gasteiger partial charge in [-0.25, -0.2) is 9.97 Å². The maximum atomic E-state index is 10.3. The lowest BCUT2D eigenvalue weighted by atomic mass is 10.1. The van der Waals surface area contributed by atoms with Crippen LogP contribution in [-0.2, 0) is 10.3 Å². The van der Waals surface area contributed by atoms with Crippen molar-refractivity contribution in [3.05, 3.63) is 47.7 Å². The van der Waals surface area contributed by atoms with Gasteiger partial charge in [-0.05, 0) is 50.3 Å².